The fraction of sp³-hybridized carbons (Fsp3) is 0.800. The Labute approximate surface area is 112 Å². The van der Waals surface area contributed by atoms with Crippen LogP contribution >= 0.6 is 0 Å². The Hall–Kier alpha value is -1.35. The topological polar surface area (TPSA) is 154 Å². The SMILES string of the molecule is CS(=O)(=O)O.N=C(N)NC[C@H]1CC[C@H](C(=O)O)CC1. The number of carboxylic acid groups (broad SMARTS) is 1. The van der Waals surface area contributed by atoms with Crippen LogP contribution in [-0.4, -0.2) is 42.8 Å². The summed E-state index contributed by atoms with van der Waals surface area (Å²) in [6.45, 7) is 0.696. The van der Waals surface area contributed by atoms with Gasteiger partial charge in [-0.05, 0) is 31.6 Å². The quantitative estimate of drug-likeness (QED) is 0.276. The molecule has 0 atom stereocenters. The Balaban J connectivity index is 0.000000555. The van der Waals surface area contributed by atoms with Gasteiger partial charge in [0, 0.05) is 6.54 Å². The molecule has 8 nitrogen and oxygen atoms in total. The second kappa shape index (κ2) is 7.95. The maximum atomic E-state index is 10.7. The van der Waals surface area contributed by atoms with Crippen molar-refractivity contribution in [2.24, 2.45) is 17.6 Å². The van der Waals surface area contributed by atoms with E-state index in [9.17, 15) is 13.2 Å². The summed E-state index contributed by atoms with van der Waals surface area (Å²) in [5.41, 5.74) is 5.16. The maximum Gasteiger partial charge on any atom is 0.306 e. The highest BCUT2D eigenvalue weighted by atomic mass is 32.2. The smallest absolute Gasteiger partial charge is 0.306 e. The first kappa shape index (κ1) is 17.6. The maximum absolute atomic E-state index is 10.7. The fourth-order valence-corrected chi connectivity index (χ4v) is 1.87. The highest BCUT2D eigenvalue weighted by Gasteiger charge is 2.25. The molecule has 0 radical (unpaired) electrons. The largest absolute Gasteiger partial charge is 0.481 e. The van der Waals surface area contributed by atoms with Gasteiger partial charge < -0.3 is 16.2 Å². The van der Waals surface area contributed by atoms with E-state index in [-0.39, 0.29) is 11.9 Å². The van der Waals surface area contributed by atoms with E-state index < -0.39 is 16.1 Å². The highest BCUT2D eigenvalue weighted by Crippen LogP contribution is 2.28. The zero-order valence-electron chi connectivity index (χ0n) is 10.8. The molecule has 0 heterocycles. The molecule has 0 aliphatic heterocycles. The summed E-state index contributed by atoms with van der Waals surface area (Å²) in [6.07, 6.45) is 4.04. The molecule has 0 aromatic heterocycles. The van der Waals surface area contributed by atoms with Crippen molar-refractivity contribution in [1.82, 2.24) is 5.32 Å². The van der Waals surface area contributed by atoms with Crippen LogP contribution in [0.1, 0.15) is 25.7 Å². The lowest BCUT2D eigenvalue weighted by atomic mass is 9.82. The highest BCUT2D eigenvalue weighted by molar-refractivity contribution is 7.85. The molecule has 9 heteroatoms. The molecule has 1 saturated carbocycles. The monoisotopic (exact) mass is 295 g/mol. The van der Waals surface area contributed by atoms with Gasteiger partial charge in [0.2, 0.25) is 0 Å². The lowest BCUT2D eigenvalue weighted by molar-refractivity contribution is -0.143. The molecule has 1 rings (SSSR count). The van der Waals surface area contributed by atoms with Crippen LogP contribution in [0, 0.1) is 17.2 Å². The number of hydrogen-bond acceptors (Lipinski definition) is 4. The van der Waals surface area contributed by atoms with Crippen molar-refractivity contribution in [3.8, 4) is 0 Å². The number of carbonyl (C=O) groups is 1. The Morgan fingerprint density at radius 3 is 2.11 bits per heavy atom. The molecule has 0 aromatic rings. The van der Waals surface area contributed by atoms with Gasteiger partial charge in [-0.2, -0.15) is 8.42 Å². The van der Waals surface area contributed by atoms with E-state index in [1.54, 1.807) is 0 Å². The van der Waals surface area contributed by atoms with Gasteiger partial charge in [-0.3, -0.25) is 14.8 Å². The summed E-state index contributed by atoms with van der Waals surface area (Å²) in [7, 11) is -3.67. The van der Waals surface area contributed by atoms with Gasteiger partial charge in [-0.25, -0.2) is 0 Å². The van der Waals surface area contributed by atoms with Crippen LogP contribution in [0.15, 0.2) is 0 Å². The molecule has 112 valence electrons. The van der Waals surface area contributed by atoms with E-state index in [1.165, 1.54) is 0 Å². The molecule has 0 spiro atoms. The number of guanidine groups is 1. The minimum absolute atomic E-state index is 0.00893. The first-order valence-corrected chi connectivity index (χ1v) is 7.67. The third kappa shape index (κ3) is 11.5. The standard InChI is InChI=1S/C9H17N3O2.CH4O3S/c10-9(11)12-5-6-1-3-7(4-2-6)8(13)14;1-5(2,3)4/h6-7H,1-5H2,(H,13,14)(H4,10,11,12);1H3,(H,2,3,4)/t6-,7-;. The van der Waals surface area contributed by atoms with Crippen LogP contribution in [-0.2, 0) is 14.9 Å². The summed E-state index contributed by atoms with van der Waals surface area (Å²) in [5, 5.41) is 18.5. The summed E-state index contributed by atoms with van der Waals surface area (Å²) in [5.74, 6) is -0.383. The molecular formula is C10H21N3O5S. The van der Waals surface area contributed by atoms with Crippen molar-refractivity contribution < 1.29 is 22.9 Å². The Bertz CT molecular complexity index is 393. The Morgan fingerprint density at radius 2 is 1.79 bits per heavy atom. The Kier molecular flexibility index (Phi) is 7.38. The predicted molar refractivity (Wildman–Crippen MR) is 70.5 cm³/mol. The van der Waals surface area contributed by atoms with E-state index in [0.717, 1.165) is 25.7 Å². The summed E-state index contributed by atoms with van der Waals surface area (Å²) < 4.78 is 25.9. The van der Waals surface area contributed by atoms with Gasteiger partial charge in [-0.15, -0.1) is 0 Å². The van der Waals surface area contributed by atoms with Crippen LogP contribution in [0.25, 0.3) is 0 Å². The average Bonchev–Trinajstić information content (AvgIpc) is 2.24. The molecule has 0 amide bonds. The second-order valence-electron chi connectivity index (χ2n) is 4.58. The van der Waals surface area contributed by atoms with Crippen molar-refractivity contribution in [2.45, 2.75) is 25.7 Å². The van der Waals surface area contributed by atoms with Gasteiger partial charge in [-0.1, -0.05) is 0 Å². The van der Waals surface area contributed by atoms with Gasteiger partial charge in [0.05, 0.1) is 12.2 Å². The third-order valence-corrected chi connectivity index (χ3v) is 2.78. The second-order valence-corrected chi connectivity index (χ2v) is 6.05. The van der Waals surface area contributed by atoms with Crippen molar-refractivity contribution >= 4 is 22.0 Å². The Morgan fingerprint density at radius 1 is 1.37 bits per heavy atom. The molecule has 0 saturated heterocycles. The van der Waals surface area contributed by atoms with Gasteiger partial charge in [0.15, 0.2) is 5.96 Å². The van der Waals surface area contributed by atoms with Crippen molar-refractivity contribution in [3.63, 3.8) is 0 Å². The molecular weight excluding hydrogens is 274 g/mol. The van der Waals surface area contributed by atoms with Gasteiger partial charge in [0.25, 0.3) is 10.1 Å². The number of carboxylic acids is 1. The number of nitrogens with two attached hydrogens (primary N) is 1. The minimum atomic E-state index is -3.67. The van der Waals surface area contributed by atoms with Crippen LogP contribution in [0.2, 0.25) is 0 Å². The summed E-state index contributed by atoms with van der Waals surface area (Å²) in [4.78, 5) is 10.7. The minimum Gasteiger partial charge on any atom is -0.481 e. The van der Waals surface area contributed by atoms with Crippen molar-refractivity contribution in [2.75, 3.05) is 12.8 Å². The van der Waals surface area contributed by atoms with Gasteiger partial charge in [0.1, 0.15) is 0 Å². The first-order chi connectivity index (χ1) is 8.59. The number of aliphatic carboxylic acids is 1. The first-order valence-electron chi connectivity index (χ1n) is 5.82. The molecule has 1 aliphatic carbocycles. The number of nitrogens with one attached hydrogen (secondary N) is 2. The molecule has 1 aliphatic rings. The van der Waals surface area contributed by atoms with Crippen molar-refractivity contribution in [3.05, 3.63) is 0 Å². The molecule has 1 fully saturated rings. The van der Waals surface area contributed by atoms with Gasteiger partial charge >= 0.3 is 5.97 Å². The van der Waals surface area contributed by atoms with E-state index in [4.69, 9.17) is 20.8 Å². The molecule has 19 heavy (non-hydrogen) atoms. The van der Waals surface area contributed by atoms with Crippen LogP contribution in [0.3, 0.4) is 0 Å². The molecule has 0 unspecified atom stereocenters. The number of hydrogen-bond donors (Lipinski definition) is 5. The van der Waals surface area contributed by atoms with E-state index in [1.807, 2.05) is 0 Å². The average molecular weight is 295 g/mol. The molecule has 0 aromatic carbocycles. The van der Waals surface area contributed by atoms with Crippen LogP contribution < -0.4 is 11.1 Å². The third-order valence-electron chi connectivity index (χ3n) is 2.78. The zero-order chi connectivity index (χ0) is 15.1. The fourth-order valence-electron chi connectivity index (χ4n) is 1.87. The lowest BCUT2D eigenvalue weighted by Gasteiger charge is -2.26. The normalized spacial score (nSPS) is 22.8. The van der Waals surface area contributed by atoms with Crippen LogP contribution in [0.4, 0.5) is 0 Å². The van der Waals surface area contributed by atoms with E-state index >= 15 is 0 Å². The number of rotatable bonds is 3. The summed E-state index contributed by atoms with van der Waals surface area (Å²) in [6, 6.07) is 0. The van der Waals surface area contributed by atoms with Crippen molar-refractivity contribution in [1.29, 1.82) is 5.41 Å². The van der Waals surface area contributed by atoms with Crippen LogP contribution in [0.5, 0.6) is 0 Å². The lowest BCUT2D eigenvalue weighted by Crippen LogP contribution is -2.36. The molecule has 0 bridgehead atoms. The summed E-state index contributed by atoms with van der Waals surface area (Å²) >= 11 is 0. The predicted octanol–water partition coefficient (Wildman–Crippen LogP) is -0.136. The van der Waals surface area contributed by atoms with E-state index in [2.05, 4.69) is 5.32 Å². The molecule has 6 N–H and O–H groups in total. The van der Waals surface area contributed by atoms with E-state index in [0.29, 0.717) is 18.7 Å². The zero-order valence-corrected chi connectivity index (χ0v) is 11.6.